The molecule has 2 aromatic rings. The molecule has 0 saturated carbocycles. The maximum absolute atomic E-state index is 11.5. The van der Waals surface area contributed by atoms with Crippen molar-refractivity contribution in [2.75, 3.05) is 13.2 Å². The highest BCUT2D eigenvalue weighted by atomic mass is 79.9. The van der Waals surface area contributed by atoms with E-state index in [1.807, 2.05) is 72.8 Å². The maximum atomic E-state index is 11.5. The maximum Gasteiger partial charge on any atom is 0.508 e. The average molecular weight is 480 g/mol. The second-order valence-electron chi connectivity index (χ2n) is 5.44. The first-order valence-corrected chi connectivity index (χ1v) is 9.86. The minimum Gasteiger partial charge on any atom is -0.434 e. The predicted octanol–water partition coefficient (Wildman–Crippen LogP) is 6.87. The van der Waals surface area contributed by atoms with Gasteiger partial charge < -0.3 is 9.47 Å². The number of hydrogen-bond donors (Lipinski definition) is 0. The van der Waals surface area contributed by atoms with E-state index in [1.54, 1.807) is 0 Å². The Hall–Kier alpha value is -1.85. The van der Waals surface area contributed by atoms with Gasteiger partial charge in [-0.05, 0) is 35.4 Å². The van der Waals surface area contributed by atoms with Crippen molar-refractivity contribution >= 4 is 50.2 Å². The summed E-state index contributed by atoms with van der Waals surface area (Å²) < 4.78 is 12.1. The Morgan fingerprint density at radius 1 is 0.808 bits per heavy atom. The molecule has 0 radical (unpaired) electrons. The van der Waals surface area contributed by atoms with Gasteiger partial charge in [-0.3, -0.25) is 0 Å². The van der Waals surface area contributed by atoms with Crippen molar-refractivity contribution in [1.82, 2.24) is 0 Å². The third kappa shape index (κ3) is 8.50. The summed E-state index contributed by atoms with van der Waals surface area (Å²) >= 11 is 6.86. The third-order valence-corrected chi connectivity index (χ3v) is 4.31. The lowest BCUT2D eigenvalue weighted by atomic mass is 10.2. The monoisotopic (exact) mass is 478 g/mol. The summed E-state index contributed by atoms with van der Waals surface area (Å²) in [6, 6.07) is 16.0. The molecule has 0 atom stereocenters. The van der Waals surface area contributed by atoms with Crippen molar-refractivity contribution in [3.8, 4) is 0 Å². The Morgan fingerprint density at radius 3 is 1.69 bits per heavy atom. The van der Waals surface area contributed by atoms with Crippen LogP contribution in [0.5, 0.6) is 0 Å². The zero-order valence-corrected chi connectivity index (χ0v) is 17.4. The zero-order chi connectivity index (χ0) is 18.6. The van der Waals surface area contributed by atoms with E-state index in [9.17, 15) is 4.79 Å². The number of rotatable bonds is 8. The molecule has 0 aliphatic heterocycles. The summed E-state index contributed by atoms with van der Waals surface area (Å²) in [6.07, 6.45) is 8.58. The van der Waals surface area contributed by atoms with Crippen LogP contribution in [0.1, 0.15) is 24.0 Å². The highest BCUT2D eigenvalue weighted by Gasteiger charge is 2.01. The first-order chi connectivity index (χ1) is 12.6. The van der Waals surface area contributed by atoms with Crippen molar-refractivity contribution in [2.24, 2.45) is 0 Å². The fraction of sp³-hybridized carbons (Fsp3) is 0.190. The Morgan fingerprint density at radius 2 is 1.27 bits per heavy atom. The molecule has 0 fully saturated rings. The number of carbonyl (C=O) groups is 1. The van der Waals surface area contributed by atoms with E-state index in [0.29, 0.717) is 26.1 Å². The van der Waals surface area contributed by atoms with Gasteiger partial charge in [0.25, 0.3) is 0 Å². The summed E-state index contributed by atoms with van der Waals surface area (Å²) in [6.45, 7) is 0.606. The highest BCUT2D eigenvalue weighted by molar-refractivity contribution is 9.10. The Balaban J connectivity index is 1.56. The largest absolute Gasteiger partial charge is 0.508 e. The van der Waals surface area contributed by atoms with Crippen LogP contribution in [0.2, 0.25) is 0 Å². The van der Waals surface area contributed by atoms with Gasteiger partial charge in [-0.1, -0.05) is 80.4 Å². The molecular formula is C21H20Br2O3. The van der Waals surface area contributed by atoms with Gasteiger partial charge in [0.15, 0.2) is 0 Å². The molecule has 0 amide bonds. The normalized spacial score (nSPS) is 11.2. The molecular weight excluding hydrogens is 460 g/mol. The molecule has 0 unspecified atom stereocenters. The van der Waals surface area contributed by atoms with Crippen molar-refractivity contribution < 1.29 is 14.3 Å². The molecule has 0 spiro atoms. The second kappa shape index (κ2) is 11.7. The fourth-order valence-corrected chi connectivity index (χ4v) is 2.96. The third-order valence-electron chi connectivity index (χ3n) is 3.33. The standard InChI is InChI=1S/C21H20Br2O3/c22-19-11-5-9-17(15-19)7-1-3-13-25-21(24)26-14-4-2-8-18-10-6-12-20(23)16-18/h1-2,5-12,15-16H,3-4,13-14H2. The average Bonchev–Trinajstić information content (AvgIpc) is 2.61. The molecule has 3 nitrogen and oxygen atoms in total. The minimum absolute atomic E-state index is 0.303. The van der Waals surface area contributed by atoms with Crippen LogP contribution in [-0.2, 0) is 9.47 Å². The summed E-state index contributed by atoms with van der Waals surface area (Å²) in [5.41, 5.74) is 2.19. The van der Waals surface area contributed by atoms with Gasteiger partial charge in [0.1, 0.15) is 0 Å². The molecule has 0 bridgehead atoms. The molecule has 0 saturated heterocycles. The summed E-state index contributed by atoms with van der Waals surface area (Å²) in [7, 11) is 0. The van der Waals surface area contributed by atoms with Gasteiger partial charge >= 0.3 is 6.16 Å². The van der Waals surface area contributed by atoms with E-state index in [2.05, 4.69) is 31.9 Å². The van der Waals surface area contributed by atoms with Gasteiger partial charge in [-0.25, -0.2) is 4.79 Å². The predicted molar refractivity (Wildman–Crippen MR) is 113 cm³/mol. The highest BCUT2D eigenvalue weighted by Crippen LogP contribution is 2.13. The van der Waals surface area contributed by atoms with Crippen molar-refractivity contribution in [3.63, 3.8) is 0 Å². The smallest absolute Gasteiger partial charge is 0.434 e. The van der Waals surface area contributed by atoms with Gasteiger partial charge in [-0.2, -0.15) is 0 Å². The molecule has 2 rings (SSSR count). The molecule has 0 heterocycles. The minimum atomic E-state index is -0.628. The lowest BCUT2D eigenvalue weighted by molar-refractivity contribution is 0.0578. The van der Waals surface area contributed by atoms with Crippen molar-refractivity contribution in [2.45, 2.75) is 12.8 Å². The van der Waals surface area contributed by atoms with Crippen LogP contribution in [0.25, 0.3) is 12.2 Å². The van der Waals surface area contributed by atoms with Gasteiger partial charge in [0, 0.05) is 21.8 Å². The topological polar surface area (TPSA) is 35.5 Å². The van der Waals surface area contributed by atoms with E-state index in [-0.39, 0.29) is 0 Å². The van der Waals surface area contributed by atoms with Crippen LogP contribution in [0.4, 0.5) is 4.79 Å². The fourth-order valence-electron chi connectivity index (χ4n) is 2.12. The van der Waals surface area contributed by atoms with E-state index < -0.39 is 6.16 Å². The molecule has 26 heavy (non-hydrogen) atoms. The van der Waals surface area contributed by atoms with Crippen LogP contribution >= 0.6 is 31.9 Å². The molecule has 136 valence electrons. The van der Waals surface area contributed by atoms with E-state index >= 15 is 0 Å². The molecule has 0 aromatic heterocycles. The number of benzene rings is 2. The number of ether oxygens (including phenoxy) is 2. The number of hydrogen-bond acceptors (Lipinski definition) is 3. The zero-order valence-electron chi connectivity index (χ0n) is 14.2. The van der Waals surface area contributed by atoms with Crippen LogP contribution in [0, 0.1) is 0 Å². The quantitative estimate of drug-likeness (QED) is 0.306. The lowest BCUT2D eigenvalue weighted by Gasteiger charge is -2.03. The molecule has 2 aromatic carbocycles. The molecule has 0 aliphatic carbocycles. The van der Waals surface area contributed by atoms with Gasteiger partial charge in [0.05, 0.1) is 13.2 Å². The summed E-state index contributed by atoms with van der Waals surface area (Å²) in [4.78, 5) is 11.5. The van der Waals surface area contributed by atoms with E-state index in [1.165, 1.54) is 0 Å². The Labute approximate surface area is 171 Å². The second-order valence-corrected chi connectivity index (χ2v) is 7.27. The summed E-state index contributed by atoms with van der Waals surface area (Å²) in [5.74, 6) is 0. The lowest BCUT2D eigenvalue weighted by Crippen LogP contribution is -2.08. The summed E-state index contributed by atoms with van der Waals surface area (Å²) in [5, 5.41) is 0. The molecule has 0 aliphatic rings. The van der Waals surface area contributed by atoms with Gasteiger partial charge in [-0.15, -0.1) is 0 Å². The number of carbonyl (C=O) groups excluding carboxylic acids is 1. The van der Waals surface area contributed by atoms with Crippen LogP contribution in [0.15, 0.2) is 69.6 Å². The van der Waals surface area contributed by atoms with Crippen LogP contribution in [0.3, 0.4) is 0 Å². The first-order valence-electron chi connectivity index (χ1n) is 8.27. The molecule has 0 N–H and O–H groups in total. The SMILES string of the molecule is O=C(OCCC=Cc1cccc(Br)c1)OCCC=Cc1cccc(Br)c1. The number of halogens is 2. The Bertz CT molecular complexity index is 706. The van der Waals surface area contributed by atoms with Crippen LogP contribution in [-0.4, -0.2) is 19.4 Å². The van der Waals surface area contributed by atoms with Crippen molar-refractivity contribution in [1.29, 1.82) is 0 Å². The van der Waals surface area contributed by atoms with E-state index in [4.69, 9.17) is 9.47 Å². The Kier molecular flexibility index (Phi) is 9.21. The van der Waals surface area contributed by atoms with Crippen molar-refractivity contribution in [3.05, 3.63) is 80.8 Å². The first kappa shape index (κ1) is 20.5. The van der Waals surface area contributed by atoms with Gasteiger partial charge in [0.2, 0.25) is 0 Å². The van der Waals surface area contributed by atoms with E-state index in [0.717, 1.165) is 20.1 Å². The van der Waals surface area contributed by atoms with Crippen LogP contribution < -0.4 is 0 Å². The molecule has 5 heteroatoms.